The van der Waals surface area contributed by atoms with E-state index in [0.717, 1.165) is 38.5 Å². The van der Waals surface area contributed by atoms with Crippen LogP contribution in [0, 0.1) is 70.2 Å². The standard InChI is InChI=1S/C30H34F8O/c1-3-15-5-9-17(10-6-15)29(19-13-21(31)25(35)27(37)23(19)33)39-30(18-11-7-16(4-2)8-12-18)20-14-22(32)26(36)28(38)24(20)34/h13-18,29-30H,3-12H2,1-2H3. The third kappa shape index (κ3) is 6.13. The summed E-state index contributed by atoms with van der Waals surface area (Å²) in [4.78, 5) is 0. The lowest BCUT2D eigenvalue weighted by molar-refractivity contribution is -0.0937. The van der Waals surface area contributed by atoms with E-state index in [9.17, 15) is 26.3 Å². The first-order valence-corrected chi connectivity index (χ1v) is 13.9. The van der Waals surface area contributed by atoms with E-state index in [1.165, 1.54) is 0 Å². The quantitative estimate of drug-likeness (QED) is 0.177. The van der Waals surface area contributed by atoms with Gasteiger partial charge in [-0.15, -0.1) is 0 Å². The molecule has 2 aromatic carbocycles. The van der Waals surface area contributed by atoms with Crippen LogP contribution >= 0.6 is 0 Å². The lowest BCUT2D eigenvalue weighted by Crippen LogP contribution is -2.30. The molecule has 1 nitrogen and oxygen atoms in total. The second-order valence-corrected chi connectivity index (χ2v) is 11.1. The topological polar surface area (TPSA) is 9.23 Å². The van der Waals surface area contributed by atoms with Crippen molar-refractivity contribution in [2.45, 2.75) is 90.3 Å². The maximum atomic E-state index is 15.1. The number of benzene rings is 2. The molecule has 2 aliphatic carbocycles. The maximum Gasteiger partial charge on any atom is 0.197 e. The molecule has 216 valence electrons. The molecular formula is C30H34F8O. The first-order chi connectivity index (χ1) is 18.6. The highest BCUT2D eigenvalue weighted by molar-refractivity contribution is 5.27. The van der Waals surface area contributed by atoms with Gasteiger partial charge in [-0.1, -0.05) is 52.4 Å². The van der Waals surface area contributed by atoms with Gasteiger partial charge in [-0.3, -0.25) is 0 Å². The van der Waals surface area contributed by atoms with Crippen LogP contribution in [0.15, 0.2) is 12.1 Å². The van der Waals surface area contributed by atoms with Crippen molar-refractivity contribution in [1.29, 1.82) is 0 Å². The molecule has 2 fully saturated rings. The molecule has 0 spiro atoms. The fourth-order valence-electron chi connectivity index (χ4n) is 6.43. The van der Waals surface area contributed by atoms with Crippen molar-refractivity contribution in [2.75, 3.05) is 0 Å². The monoisotopic (exact) mass is 562 g/mol. The van der Waals surface area contributed by atoms with Crippen molar-refractivity contribution >= 4 is 0 Å². The molecule has 0 saturated heterocycles. The van der Waals surface area contributed by atoms with Crippen LogP contribution in [-0.2, 0) is 4.74 Å². The van der Waals surface area contributed by atoms with E-state index >= 15 is 8.78 Å². The van der Waals surface area contributed by atoms with Gasteiger partial charge in [-0.2, -0.15) is 0 Å². The van der Waals surface area contributed by atoms with Crippen LogP contribution in [0.3, 0.4) is 0 Å². The summed E-state index contributed by atoms with van der Waals surface area (Å²) in [7, 11) is 0. The Morgan fingerprint density at radius 3 is 1.18 bits per heavy atom. The Kier molecular flexibility index (Phi) is 9.61. The molecular weight excluding hydrogens is 528 g/mol. The van der Waals surface area contributed by atoms with Gasteiger partial charge in [0.1, 0.15) is 0 Å². The number of rotatable bonds is 8. The minimum absolute atomic E-state index is 0.395. The summed E-state index contributed by atoms with van der Waals surface area (Å²) in [5.74, 6) is -14.5. The van der Waals surface area contributed by atoms with Crippen molar-refractivity contribution in [3.8, 4) is 0 Å². The lowest BCUT2D eigenvalue weighted by atomic mass is 9.75. The molecule has 0 N–H and O–H groups in total. The fraction of sp³-hybridized carbons (Fsp3) is 0.600. The summed E-state index contributed by atoms with van der Waals surface area (Å²) in [6.45, 7) is 4.07. The summed E-state index contributed by atoms with van der Waals surface area (Å²) in [6, 6.07) is 1.08. The highest BCUT2D eigenvalue weighted by atomic mass is 19.2. The molecule has 0 heterocycles. The molecule has 4 rings (SSSR count). The third-order valence-corrected chi connectivity index (χ3v) is 8.96. The Labute approximate surface area is 223 Å². The molecule has 2 aromatic rings. The Morgan fingerprint density at radius 2 is 0.872 bits per heavy atom. The Hall–Kier alpha value is -2.16. The second-order valence-electron chi connectivity index (χ2n) is 11.1. The lowest BCUT2D eigenvalue weighted by Gasteiger charge is -2.40. The van der Waals surface area contributed by atoms with Crippen LogP contribution in [0.25, 0.3) is 0 Å². The van der Waals surface area contributed by atoms with Gasteiger partial charge >= 0.3 is 0 Å². The molecule has 0 aromatic heterocycles. The summed E-state index contributed by atoms with van der Waals surface area (Å²) in [5.41, 5.74) is -1.14. The van der Waals surface area contributed by atoms with Gasteiger partial charge in [0.2, 0.25) is 0 Å². The van der Waals surface area contributed by atoms with Gasteiger partial charge in [-0.25, -0.2) is 35.1 Å². The van der Waals surface area contributed by atoms with E-state index in [2.05, 4.69) is 0 Å². The molecule has 9 heteroatoms. The number of hydrogen-bond acceptors (Lipinski definition) is 1. The summed E-state index contributed by atoms with van der Waals surface area (Å²) in [6.07, 6.45) is 4.02. The minimum atomic E-state index is -1.99. The molecule has 0 bridgehead atoms. The molecule has 2 atom stereocenters. The van der Waals surface area contributed by atoms with E-state index in [1.807, 2.05) is 13.8 Å². The van der Waals surface area contributed by atoms with Gasteiger partial charge in [-0.05, 0) is 61.5 Å². The van der Waals surface area contributed by atoms with Crippen molar-refractivity contribution in [1.82, 2.24) is 0 Å². The molecule has 2 aliphatic rings. The maximum absolute atomic E-state index is 15.1. The van der Waals surface area contributed by atoms with Crippen LogP contribution in [0.5, 0.6) is 0 Å². The first-order valence-electron chi connectivity index (χ1n) is 13.9. The van der Waals surface area contributed by atoms with Crippen LogP contribution in [0.2, 0.25) is 0 Å². The highest BCUT2D eigenvalue weighted by Crippen LogP contribution is 2.48. The Balaban J connectivity index is 1.80. The average Bonchev–Trinajstić information content (AvgIpc) is 2.96. The van der Waals surface area contributed by atoms with Crippen LogP contribution in [0.1, 0.15) is 101 Å². The van der Waals surface area contributed by atoms with Crippen LogP contribution < -0.4 is 0 Å². The van der Waals surface area contributed by atoms with E-state index in [-0.39, 0.29) is 0 Å². The van der Waals surface area contributed by atoms with Crippen LogP contribution in [-0.4, -0.2) is 0 Å². The summed E-state index contributed by atoms with van der Waals surface area (Å²) in [5, 5.41) is 0. The van der Waals surface area contributed by atoms with Gasteiger partial charge in [0.25, 0.3) is 0 Å². The van der Waals surface area contributed by atoms with Crippen molar-refractivity contribution in [2.24, 2.45) is 23.7 Å². The fourth-order valence-corrected chi connectivity index (χ4v) is 6.43. The predicted molar refractivity (Wildman–Crippen MR) is 131 cm³/mol. The summed E-state index contributed by atoms with van der Waals surface area (Å²) >= 11 is 0. The smallest absolute Gasteiger partial charge is 0.197 e. The zero-order chi connectivity index (χ0) is 28.4. The number of hydrogen-bond donors (Lipinski definition) is 0. The highest BCUT2D eigenvalue weighted by Gasteiger charge is 2.39. The third-order valence-electron chi connectivity index (χ3n) is 8.96. The molecule has 0 amide bonds. The van der Waals surface area contributed by atoms with Gasteiger partial charge in [0, 0.05) is 11.1 Å². The normalized spacial score (nSPS) is 25.5. The Morgan fingerprint density at radius 1 is 0.538 bits per heavy atom. The van der Waals surface area contributed by atoms with Crippen molar-refractivity contribution < 1.29 is 39.9 Å². The van der Waals surface area contributed by atoms with E-state index < -0.39 is 81.7 Å². The van der Waals surface area contributed by atoms with E-state index in [0.29, 0.717) is 49.7 Å². The SMILES string of the molecule is CCC1CCC(C(OC(c2cc(F)c(F)c(F)c2F)C2CCC(CC)CC2)c2cc(F)c(F)c(F)c2F)CC1. The van der Waals surface area contributed by atoms with Gasteiger partial charge < -0.3 is 4.74 Å². The van der Waals surface area contributed by atoms with Crippen LogP contribution in [0.4, 0.5) is 35.1 Å². The number of halogens is 8. The molecule has 2 saturated carbocycles. The van der Waals surface area contributed by atoms with Gasteiger partial charge in [0.15, 0.2) is 46.5 Å². The first kappa shape index (κ1) is 29.8. The second kappa shape index (κ2) is 12.6. The van der Waals surface area contributed by atoms with Gasteiger partial charge in [0.05, 0.1) is 12.2 Å². The molecule has 0 radical (unpaired) electrons. The predicted octanol–water partition coefficient (Wildman–Crippen LogP) is 10.0. The Bertz CT molecular complexity index is 1060. The number of ether oxygens (including phenoxy) is 1. The van der Waals surface area contributed by atoms with Crippen molar-refractivity contribution in [3.63, 3.8) is 0 Å². The van der Waals surface area contributed by atoms with E-state index in [4.69, 9.17) is 4.74 Å². The zero-order valence-corrected chi connectivity index (χ0v) is 22.1. The van der Waals surface area contributed by atoms with Crippen molar-refractivity contribution in [3.05, 3.63) is 69.8 Å². The minimum Gasteiger partial charge on any atom is -0.365 e. The molecule has 39 heavy (non-hydrogen) atoms. The summed E-state index contributed by atoms with van der Waals surface area (Å²) < 4.78 is 122. The average molecular weight is 563 g/mol. The zero-order valence-electron chi connectivity index (χ0n) is 22.1. The van der Waals surface area contributed by atoms with E-state index in [1.54, 1.807) is 0 Å². The molecule has 0 aliphatic heterocycles. The molecule has 2 unspecified atom stereocenters. The largest absolute Gasteiger partial charge is 0.365 e.